The van der Waals surface area contributed by atoms with Gasteiger partial charge in [0.25, 0.3) is 0 Å². The minimum Gasteiger partial charge on any atom is -0.494 e. The van der Waals surface area contributed by atoms with Gasteiger partial charge < -0.3 is 40.5 Å². The topological polar surface area (TPSA) is 131 Å². The highest BCUT2D eigenvalue weighted by molar-refractivity contribution is 9.10. The van der Waals surface area contributed by atoms with Gasteiger partial charge in [-0.15, -0.1) is 0 Å². The van der Waals surface area contributed by atoms with Crippen LogP contribution < -0.4 is 30.9 Å². The summed E-state index contributed by atoms with van der Waals surface area (Å²) in [5, 5.41) is 19.7. The van der Waals surface area contributed by atoms with Crippen LogP contribution in [0.1, 0.15) is 31.2 Å². The molecule has 0 bridgehead atoms. The molecule has 270 valence electrons. The Bertz CT molecular complexity index is 1970. The summed E-state index contributed by atoms with van der Waals surface area (Å²) in [6.07, 6.45) is 10.9. The fourth-order valence-corrected chi connectivity index (χ4v) is 9.12. The first-order valence-electron chi connectivity index (χ1n) is 17.2. The molecular weight excluding hydrogens is 732 g/mol. The van der Waals surface area contributed by atoms with E-state index in [-0.39, 0.29) is 6.67 Å². The van der Waals surface area contributed by atoms with Gasteiger partial charge in [-0.25, -0.2) is 9.37 Å². The number of rotatable bonds is 12. The van der Waals surface area contributed by atoms with Gasteiger partial charge in [-0.1, -0.05) is 6.07 Å². The lowest BCUT2D eigenvalue weighted by Gasteiger charge is -2.47. The van der Waals surface area contributed by atoms with Crippen LogP contribution in [0.4, 0.5) is 33.2 Å². The number of fused-ring (bicyclic) bond motifs is 1. The summed E-state index contributed by atoms with van der Waals surface area (Å²) in [5.41, 5.74) is 4.98. The Morgan fingerprint density at radius 2 is 1.82 bits per heavy atom. The van der Waals surface area contributed by atoms with E-state index in [2.05, 4.69) is 51.6 Å². The molecule has 0 amide bonds. The lowest BCUT2D eigenvalue weighted by Crippen LogP contribution is -2.47. The Kier molecular flexibility index (Phi) is 11.3. The van der Waals surface area contributed by atoms with Gasteiger partial charge in [0, 0.05) is 85.1 Å². The van der Waals surface area contributed by atoms with Gasteiger partial charge in [0.2, 0.25) is 5.95 Å². The Morgan fingerprint density at radius 1 is 1.08 bits per heavy atom. The highest BCUT2D eigenvalue weighted by atomic mass is 79.9. The number of alkyl halides is 1. The van der Waals surface area contributed by atoms with Crippen LogP contribution in [0.2, 0.25) is 0 Å². The van der Waals surface area contributed by atoms with Crippen molar-refractivity contribution in [3.05, 3.63) is 65.0 Å². The van der Waals surface area contributed by atoms with E-state index in [9.17, 15) is 8.96 Å². The summed E-state index contributed by atoms with van der Waals surface area (Å²) < 4.78 is 33.0. The number of allylic oxidation sites excluding steroid dienone is 1. The first kappa shape index (κ1) is 36.7. The summed E-state index contributed by atoms with van der Waals surface area (Å²) in [7, 11) is 0.735. The van der Waals surface area contributed by atoms with Crippen LogP contribution in [-0.4, -0.2) is 93.0 Å². The first-order chi connectivity index (χ1) is 24.6. The number of halogens is 2. The smallest absolute Gasteiger partial charge is 0.229 e. The number of anilines is 5. The molecular formula is C37H46BrFN9O2P. The van der Waals surface area contributed by atoms with Crippen molar-refractivity contribution in [3.8, 4) is 5.75 Å². The molecule has 2 aliphatic heterocycles. The average Bonchev–Trinajstić information content (AvgIpc) is 3.13. The maximum absolute atomic E-state index is 13.5. The molecule has 2 fully saturated rings. The predicted octanol–water partition coefficient (Wildman–Crippen LogP) is 7.39. The maximum atomic E-state index is 13.5. The van der Waals surface area contributed by atoms with Gasteiger partial charge in [0.15, 0.2) is 0 Å². The molecule has 11 nitrogen and oxygen atoms in total. The lowest BCUT2D eigenvalue weighted by molar-refractivity contribution is 0.0764. The normalized spacial score (nSPS) is 16.7. The Hall–Kier alpha value is -4.06. The van der Waals surface area contributed by atoms with Gasteiger partial charge in [-0.05, 0) is 97.7 Å². The number of benzene rings is 2. The zero-order valence-corrected chi connectivity index (χ0v) is 32.1. The average molecular weight is 779 g/mol. The summed E-state index contributed by atoms with van der Waals surface area (Å²) in [5.74, 6) is 1.44. The summed E-state index contributed by atoms with van der Waals surface area (Å²) in [4.78, 5) is 18.4. The van der Waals surface area contributed by atoms with Crippen LogP contribution in [-0.2, 0) is 4.57 Å². The van der Waals surface area contributed by atoms with Crippen LogP contribution in [0, 0.1) is 10.8 Å². The summed E-state index contributed by atoms with van der Waals surface area (Å²) in [6, 6.07) is 11.6. The largest absolute Gasteiger partial charge is 0.494 e. The number of piperidine rings is 2. The van der Waals surface area contributed by atoms with Gasteiger partial charge in [-0.2, -0.15) is 4.98 Å². The lowest BCUT2D eigenvalue weighted by atomic mass is 9.71. The van der Waals surface area contributed by atoms with Gasteiger partial charge >= 0.3 is 0 Å². The second-order valence-electron chi connectivity index (χ2n) is 13.6. The van der Waals surface area contributed by atoms with Crippen molar-refractivity contribution in [1.82, 2.24) is 25.2 Å². The third kappa shape index (κ3) is 8.05. The van der Waals surface area contributed by atoms with Crippen molar-refractivity contribution in [3.63, 3.8) is 0 Å². The number of nitrogens with one attached hydrogen (secondary N) is 4. The van der Waals surface area contributed by atoms with Crippen LogP contribution in [0.25, 0.3) is 16.5 Å². The fourth-order valence-electron chi connectivity index (χ4n) is 7.35. The number of likely N-dealkylation sites (tertiary alicyclic amines) is 1. The maximum Gasteiger partial charge on any atom is 0.229 e. The minimum absolute atomic E-state index is 0.288. The van der Waals surface area contributed by atoms with Crippen molar-refractivity contribution >= 4 is 79.9 Å². The SMILES string of the molecule is CN/C=C(\C=N)c1cc(Nc2ncc(Br)c(Nc3ccc4ncccc4c3P(C)(C)=O)n2)c(OC)cc1N1CCC2(CCN(CCF)CC2)CC1. The molecule has 4 heterocycles. The molecule has 0 radical (unpaired) electrons. The van der Waals surface area contributed by atoms with Crippen molar-refractivity contribution in [2.45, 2.75) is 25.7 Å². The minimum atomic E-state index is -2.73. The van der Waals surface area contributed by atoms with E-state index in [0.29, 0.717) is 50.6 Å². The van der Waals surface area contributed by atoms with Crippen LogP contribution in [0.15, 0.2) is 59.5 Å². The van der Waals surface area contributed by atoms with Crippen LogP contribution >= 0.6 is 23.1 Å². The van der Waals surface area contributed by atoms with Crippen molar-refractivity contribution < 1.29 is 13.7 Å². The van der Waals surface area contributed by atoms with E-state index < -0.39 is 7.14 Å². The second kappa shape index (κ2) is 15.7. The number of aromatic nitrogens is 3. The highest BCUT2D eigenvalue weighted by Crippen LogP contribution is 2.45. The predicted molar refractivity (Wildman–Crippen MR) is 211 cm³/mol. The molecule has 0 atom stereocenters. The first-order valence-corrected chi connectivity index (χ1v) is 20.6. The number of nitrogens with zero attached hydrogens (tertiary/aromatic N) is 5. The highest BCUT2D eigenvalue weighted by Gasteiger charge is 2.38. The third-order valence-corrected chi connectivity index (χ3v) is 12.2. The molecule has 2 aromatic heterocycles. The molecule has 6 rings (SSSR count). The second-order valence-corrected chi connectivity index (χ2v) is 17.6. The Morgan fingerprint density at radius 3 is 2.49 bits per heavy atom. The molecule has 0 unspecified atom stereocenters. The number of hydrogen-bond acceptors (Lipinski definition) is 11. The molecule has 4 N–H and O–H groups in total. The molecule has 0 saturated carbocycles. The zero-order valence-electron chi connectivity index (χ0n) is 29.6. The van der Waals surface area contributed by atoms with E-state index in [1.165, 1.54) is 6.21 Å². The number of hydrogen-bond donors (Lipinski definition) is 4. The quantitative estimate of drug-likeness (QED) is 0.0853. The van der Waals surface area contributed by atoms with E-state index in [0.717, 1.165) is 79.6 Å². The van der Waals surface area contributed by atoms with Crippen LogP contribution in [0.5, 0.6) is 5.75 Å². The molecule has 51 heavy (non-hydrogen) atoms. The number of methoxy groups -OCH3 is 1. The van der Waals surface area contributed by atoms with E-state index >= 15 is 0 Å². The summed E-state index contributed by atoms with van der Waals surface area (Å²) in [6.45, 7) is 7.44. The Labute approximate surface area is 307 Å². The van der Waals surface area contributed by atoms with Crippen molar-refractivity contribution in [2.24, 2.45) is 5.41 Å². The molecule has 14 heteroatoms. The van der Waals surface area contributed by atoms with Crippen LogP contribution in [0.3, 0.4) is 0 Å². The van der Waals surface area contributed by atoms with Gasteiger partial charge in [-0.3, -0.25) is 4.98 Å². The van der Waals surface area contributed by atoms with E-state index in [1.807, 2.05) is 49.6 Å². The third-order valence-electron chi connectivity index (χ3n) is 10.1. The standard InChI is InChI=1S/C37H46BrFN9O2P/c1-41-23-25(22-40)27-20-31(33(50-2)21-32(27)48-17-11-37(12-18-48)9-15-47(16-10-37)19-13-39)45-36-43-24-28(38)35(46-36)44-30-8-7-29-26(6-5-14-42-29)34(30)51(3,4)49/h5-8,14,20-24,40-41H,9-13,15-19H2,1-4H3,(H2,43,44,45,46)/b25-23+,40-22?. The van der Waals surface area contributed by atoms with E-state index in [4.69, 9.17) is 15.1 Å². The fraction of sp³-hybridized carbons (Fsp3) is 0.405. The van der Waals surface area contributed by atoms with Gasteiger partial charge in [0.1, 0.15) is 25.4 Å². The monoisotopic (exact) mass is 777 g/mol. The van der Waals surface area contributed by atoms with Crippen molar-refractivity contribution in [1.29, 1.82) is 5.41 Å². The zero-order chi connectivity index (χ0) is 36.2. The van der Waals surface area contributed by atoms with E-state index in [1.54, 1.807) is 32.8 Å². The molecule has 2 saturated heterocycles. The summed E-state index contributed by atoms with van der Waals surface area (Å²) >= 11 is 3.59. The molecule has 2 aliphatic rings. The van der Waals surface area contributed by atoms with Gasteiger partial charge in [0.05, 0.1) is 28.5 Å². The molecule has 4 aromatic rings. The molecule has 1 spiro atoms. The molecule has 2 aromatic carbocycles. The molecule has 0 aliphatic carbocycles. The number of ether oxygens (including phenoxy) is 1. The Balaban J connectivity index is 1.30. The number of pyridine rings is 1. The van der Waals surface area contributed by atoms with Crippen molar-refractivity contribution in [2.75, 3.05) is 82.4 Å².